The third kappa shape index (κ3) is 7.03. The minimum atomic E-state index is -5.92. The number of carbonyl (C=O) groups excluding carboxylic acids is 1. The number of allylic oxidation sites excluding steroid dienone is 3. The minimum Gasteiger partial charge on any atom is -0.500 e. The molecule has 3 unspecified atom stereocenters. The van der Waals surface area contributed by atoms with Gasteiger partial charge in [0, 0.05) is 12.6 Å². The van der Waals surface area contributed by atoms with Crippen molar-refractivity contribution in [2.45, 2.75) is 44.7 Å². The van der Waals surface area contributed by atoms with Crippen LogP contribution in [-0.2, 0) is 35.1 Å². The van der Waals surface area contributed by atoms with Gasteiger partial charge in [-0.05, 0) is 48.3 Å². The highest BCUT2D eigenvalue weighted by Gasteiger charge is 2.52. The van der Waals surface area contributed by atoms with E-state index >= 15 is 0 Å². The number of hydrogen-bond acceptors (Lipinski definition) is 7. The largest absolute Gasteiger partial charge is 0.534 e. The van der Waals surface area contributed by atoms with E-state index in [0.717, 1.165) is 5.56 Å². The number of fused-ring (bicyclic) bond motifs is 1. The van der Waals surface area contributed by atoms with Gasteiger partial charge in [0.25, 0.3) is 0 Å². The summed E-state index contributed by atoms with van der Waals surface area (Å²) in [5.41, 5.74) is -5.55. The fourth-order valence-electron chi connectivity index (χ4n) is 4.97. The molecule has 0 aromatic heterocycles. The lowest BCUT2D eigenvalue weighted by atomic mass is 9.64. The lowest BCUT2D eigenvalue weighted by Crippen LogP contribution is -2.39. The Morgan fingerprint density at radius 1 is 1.11 bits per heavy atom. The Kier molecular flexibility index (Phi) is 9.40. The van der Waals surface area contributed by atoms with Crippen molar-refractivity contribution in [1.82, 2.24) is 5.32 Å². The second-order valence-electron chi connectivity index (χ2n) is 9.25. The summed E-state index contributed by atoms with van der Waals surface area (Å²) in [6.45, 7) is 2.14. The summed E-state index contributed by atoms with van der Waals surface area (Å²) in [6.07, 6.45) is 5.96. The molecule has 0 aliphatic heterocycles. The number of carbonyl (C=O) groups is 1. The molecule has 0 fully saturated rings. The van der Waals surface area contributed by atoms with Crippen LogP contribution in [0.2, 0.25) is 0 Å². The van der Waals surface area contributed by atoms with E-state index in [-0.39, 0.29) is 24.7 Å². The van der Waals surface area contributed by atoms with Crippen LogP contribution in [0.3, 0.4) is 0 Å². The number of hydrogen-bond donors (Lipinski definition) is 1. The van der Waals surface area contributed by atoms with Crippen molar-refractivity contribution in [3.63, 3.8) is 0 Å². The van der Waals surface area contributed by atoms with Gasteiger partial charge in [-0.1, -0.05) is 43.7 Å². The average molecular weight is 560 g/mol. The molecule has 1 N–H and O–H groups in total. The molecule has 2 aliphatic rings. The first-order valence-corrected chi connectivity index (χ1v) is 13.5. The number of methoxy groups -OCH3 is 2. The molecule has 8 nitrogen and oxygen atoms in total. The minimum absolute atomic E-state index is 0.0838. The maximum atomic E-state index is 13.3. The van der Waals surface area contributed by atoms with E-state index in [1.54, 1.807) is 6.08 Å². The smallest absolute Gasteiger partial charge is 0.500 e. The molecule has 12 heteroatoms. The monoisotopic (exact) mass is 559 g/mol. The number of amides is 1. The number of nitrogens with one attached hydrogen (secondary N) is 1. The van der Waals surface area contributed by atoms with Gasteiger partial charge in [0.1, 0.15) is 23.9 Å². The van der Waals surface area contributed by atoms with Crippen LogP contribution >= 0.6 is 0 Å². The number of halogens is 3. The second-order valence-corrected chi connectivity index (χ2v) is 10.8. The van der Waals surface area contributed by atoms with E-state index < -0.39 is 39.0 Å². The third-order valence-electron chi connectivity index (χ3n) is 6.61. The van der Waals surface area contributed by atoms with Gasteiger partial charge in [-0.15, -0.1) is 0 Å². The van der Waals surface area contributed by atoms with Crippen LogP contribution in [0, 0.1) is 17.3 Å². The van der Waals surface area contributed by atoms with Crippen LogP contribution in [0.15, 0.2) is 65.8 Å². The van der Waals surface area contributed by atoms with Crippen LogP contribution in [0.5, 0.6) is 0 Å². The summed E-state index contributed by atoms with van der Waals surface area (Å²) in [7, 11) is -3.13. The first-order chi connectivity index (χ1) is 17.9. The van der Waals surface area contributed by atoms with Crippen LogP contribution in [-0.4, -0.2) is 40.8 Å². The lowest BCUT2D eigenvalue weighted by Gasteiger charge is -2.43. The Labute approximate surface area is 220 Å². The Morgan fingerprint density at radius 2 is 1.82 bits per heavy atom. The van der Waals surface area contributed by atoms with Gasteiger partial charge in [0.05, 0.1) is 20.1 Å². The van der Waals surface area contributed by atoms with Gasteiger partial charge in [-0.2, -0.15) is 21.6 Å². The molecule has 1 aromatic carbocycles. The Morgan fingerprint density at radius 3 is 2.42 bits per heavy atom. The summed E-state index contributed by atoms with van der Waals surface area (Å²) in [5, 5.41) is 2.68. The van der Waals surface area contributed by atoms with Crippen LogP contribution < -0.4 is 5.32 Å². The van der Waals surface area contributed by atoms with E-state index in [1.165, 1.54) is 26.4 Å². The van der Waals surface area contributed by atoms with Crippen molar-refractivity contribution in [3.8, 4) is 0 Å². The molecule has 38 heavy (non-hydrogen) atoms. The summed E-state index contributed by atoms with van der Waals surface area (Å²) in [5.74, 6) is -1.05. The van der Waals surface area contributed by atoms with E-state index in [2.05, 4.69) is 5.32 Å². The van der Waals surface area contributed by atoms with Crippen molar-refractivity contribution in [2.75, 3.05) is 20.8 Å². The highest BCUT2D eigenvalue weighted by molar-refractivity contribution is 7.87. The molecule has 0 saturated heterocycles. The summed E-state index contributed by atoms with van der Waals surface area (Å²) in [4.78, 5) is 12.2. The molecule has 2 aliphatic carbocycles. The fraction of sp³-hybridized carbons (Fsp3) is 0.500. The SMILES string of the molecule is CCCC1(CCNC(=O)OCc2ccccc2)C=C(OS(=O)(=O)C(F)(F)F)C2C(OC)=CC(OC)=CC2C1. The van der Waals surface area contributed by atoms with Gasteiger partial charge < -0.3 is 23.7 Å². The Balaban J connectivity index is 1.85. The molecule has 3 atom stereocenters. The van der Waals surface area contributed by atoms with Crippen molar-refractivity contribution < 1.29 is 44.8 Å². The lowest BCUT2D eigenvalue weighted by molar-refractivity contribution is -0.0533. The quantitative estimate of drug-likeness (QED) is 0.280. The van der Waals surface area contributed by atoms with E-state index in [1.807, 2.05) is 37.3 Å². The Bertz CT molecular complexity index is 1180. The zero-order valence-corrected chi connectivity index (χ0v) is 22.2. The van der Waals surface area contributed by atoms with Gasteiger partial charge >= 0.3 is 21.7 Å². The van der Waals surface area contributed by atoms with Crippen LogP contribution in [0.25, 0.3) is 0 Å². The topological polar surface area (TPSA) is 100 Å². The number of alkyl halides is 3. The van der Waals surface area contributed by atoms with E-state index in [0.29, 0.717) is 31.4 Å². The number of benzene rings is 1. The molecule has 210 valence electrons. The van der Waals surface area contributed by atoms with Crippen molar-refractivity contribution in [2.24, 2.45) is 17.3 Å². The molecule has 0 radical (unpaired) electrons. The number of alkyl carbamates (subject to hydrolysis) is 1. The van der Waals surface area contributed by atoms with Crippen molar-refractivity contribution in [3.05, 3.63) is 71.4 Å². The molecule has 0 heterocycles. The highest BCUT2D eigenvalue weighted by atomic mass is 32.2. The fourth-order valence-corrected chi connectivity index (χ4v) is 5.47. The molecule has 3 rings (SSSR count). The standard InChI is InChI=1S/C26H32F3NO7S/c1-4-10-25(11-12-30-24(31)36-17-18-8-6-5-7-9-18)15-19-13-20(34-2)14-21(35-3)23(19)22(16-25)37-38(32,33)26(27,28)29/h5-9,13-14,16,19,23H,4,10-12,15,17H2,1-3H3,(H,30,31). The maximum absolute atomic E-state index is 13.3. The van der Waals surface area contributed by atoms with E-state index in [9.17, 15) is 26.4 Å². The molecule has 0 saturated carbocycles. The van der Waals surface area contributed by atoms with Crippen LogP contribution in [0.4, 0.5) is 18.0 Å². The molecule has 0 spiro atoms. The average Bonchev–Trinajstić information content (AvgIpc) is 2.86. The van der Waals surface area contributed by atoms with Gasteiger partial charge in [-0.3, -0.25) is 0 Å². The first-order valence-electron chi connectivity index (χ1n) is 12.1. The first kappa shape index (κ1) is 29.4. The molecular formula is C26H32F3NO7S. The Hall–Kier alpha value is -3.15. The van der Waals surface area contributed by atoms with Gasteiger partial charge in [0.2, 0.25) is 0 Å². The molecule has 0 bridgehead atoms. The molecular weight excluding hydrogens is 527 g/mol. The summed E-state index contributed by atoms with van der Waals surface area (Å²) in [6, 6.07) is 9.13. The highest BCUT2D eigenvalue weighted by Crippen LogP contribution is 2.51. The third-order valence-corrected chi connectivity index (χ3v) is 7.59. The van der Waals surface area contributed by atoms with Crippen molar-refractivity contribution >= 4 is 16.2 Å². The number of rotatable bonds is 11. The normalized spacial score (nSPS) is 23.3. The van der Waals surface area contributed by atoms with Gasteiger partial charge in [0.15, 0.2) is 0 Å². The maximum Gasteiger partial charge on any atom is 0.534 e. The molecule has 1 amide bonds. The predicted molar refractivity (Wildman–Crippen MR) is 133 cm³/mol. The van der Waals surface area contributed by atoms with Gasteiger partial charge in [-0.25, -0.2) is 4.79 Å². The molecule has 1 aromatic rings. The zero-order chi connectivity index (χ0) is 28.0. The van der Waals surface area contributed by atoms with E-state index in [4.69, 9.17) is 18.4 Å². The number of ether oxygens (including phenoxy) is 3. The van der Waals surface area contributed by atoms with Crippen molar-refractivity contribution in [1.29, 1.82) is 0 Å². The summed E-state index contributed by atoms with van der Waals surface area (Å²) < 4.78 is 84.5. The summed E-state index contributed by atoms with van der Waals surface area (Å²) >= 11 is 0. The second kappa shape index (κ2) is 12.1. The van der Waals surface area contributed by atoms with Crippen LogP contribution in [0.1, 0.15) is 38.2 Å². The zero-order valence-electron chi connectivity index (χ0n) is 21.4. The predicted octanol–water partition coefficient (Wildman–Crippen LogP) is 5.55.